The second-order valence-electron chi connectivity index (χ2n) is 5.10. The van der Waals surface area contributed by atoms with E-state index in [0.717, 1.165) is 11.4 Å². The van der Waals surface area contributed by atoms with Gasteiger partial charge in [0.05, 0.1) is 5.02 Å². The molecule has 0 aliphatic heterocycles. The zero-order valence-corrected chi connectivity index (χ0v) is 13.9. The molecule has 124 valence electrons. The van der Waals surface area contributed by atoms with Crippen molar-refractivity contribution >= 4 is 23.3 Å². The number of carbonyl (C=O) groups excluding carboxylic acids is 1. The Labute approximate surface area is 143 Å². The number of ether oxygens (including phenoxy) is 2. The summed E-state index contributed by atoms with van der Waals surface area (Å²) >= 11 is 5.97. The first-order valence-electron chi connectivity index (χ1n) is 7.30. The molecule has 0 atom stereocenters. The summed E-state index contributed by atoms with van der Waals surface area (Å²) in [5.41, 5.74) is 1.64. The Morgan fingerprint density at radius 3 is 2.79 bits per heavy atom. The Bertz CT molecular complexity index is 894. The fourth-order valence-electron chi connectivity index (χ4n) is 2.17. The molecule has 3 aromatic rings. The number of rotatable bonds is 5. The average Bonchev–Trinajstić information content (AvgIpc) is 2.97. The molecule has 0 spiro atoms. The number of hydrogen-bond acceptors (Lipinski definition) is 6. The lowest BCUT2D eigenvalue weighted by atomic mass is 10.3. The van der Waals surface area contributed by atoms with E-state index in [0.29, 0.717) is 16.5 Å². The number of benzene rings is 1. The highest BCUT2D eigenvalue weighted by Crippen LogP contribution is 2.22. The van der Waals surface area contributed by atoms with E-state index >= 15 is 0 Å². The lowest BCUT2D eigenvalue weighted by molar-refractivity contribution is 0.0437. The molecule has 0 amide bonds. The van der Waals surface area contributed by atoms with Crippen LogP contribution in [0.2, 0.25) is 5.02 Å². The predicted octanol–water partition coefficient (Wildman–Crippen LogP) is 2.63. The van der Waals surface area contributed by atoms with Crippen LogP contribution in [0.5, 0.6) is 5.75 Å². The molecule has 24 heavy (non-hydrogen) atoms. The third-order valence-corrected chi connectivity index (χ3v) is 3.52. The summed E-state index contributed by atoms with van der Waals surface area (Å²) in [6, 6.07) is 8.94. The van der Waals surface area contributed by atoms with E-state index < -0.39 is 5.97 Å². The molecular weight excluding hydrogens is 332 g/mol. The minimum atomic E-state index is -0.625. The summed E-state index contributed by atoms with van der Waals surface area (Å²) in [4.78, 5) is 20.3. The van der Waals surface area contributed by atoms with Crippen molar-refractivity contribution in [1.82, 2.24) is 19.6 Å². The van der Waals surface area contributed by atoms with Crippen LogP contribution in [0.15, 0.2) is 30.3 Å². The maximum atomic E-state index is 12.0. The highest BCUT2D eigenvalue weighted by atomic mass is 35.5. The Morgan fingerprint density at radius 2 is 2.00 bits per heavy atom. The molecule has 0 saturated carbocycles. The van der Waals surface area contributed by atoms with Crippen LogP contribution < -0.4 is 4.74 Å². The highest BCUT2D eigenvalue weighted by Gasteiger charge is 2.16. The van der Waals surface area contributed by atoms with E-state index in [9.17, 15) is 4.79 Å². The molecular formula is C16H15ClN4O3. The first-order valence-corrected chi connectivity index (χ1v) is 7.68. The van der Waals surface area contributed by atoms with Gasteiger partial charge < -0.3 is 9.47 Å². The summed E-state index contributed by atoms with van der Waals surface area (Å²) in [6.45, 7) is 3.96. The third-order valence-electron chi connectivity index (χ3n) is 3.21. The first-order chi connectivity index (χ1) is 11.5. The number of nitrogens with zero attached hydrogens (tertiary/aromatic N) is 4. The molecule has 2 aromatic heterocycles. The zero-order chi connectivity index (χ0) is 17.1. The van der Waals surface area contributed by atoms with E-state index in [2.05, 4.69) is 15.1 Å². The maximum absolute atomic E-state index is 12.0. The van der Waals surface area contributed by atoms with E-state index in [1.807, 2.05) is 32.0 Å². The van der Waals surface area contributed by atoms with E-state index in [1.165, 1.54) is 4.52 Å². The summed E-state index contributed by atoms with van der Waals surface area (Å²) in [7, 11) is 0. The molecule has 0 aliphatic carbocycles. The van der Waals surface area contributed by atoms with Crippen molar-refractivity contribution in [3.05, 3.63) is 52.6 Å². The van der Waals surface area contributed by atoms with E-state index in [4.69, 9.17) is 21.1 Å². The fraction of sp³-hybridized carbons (Fsp3) is 0.250. The molecule has 0 N–H and O–H groups in total. The van der Waals surface area contributed by atoms with Crippen LogP contribution in [0.1, 0.15) is 22.0 Å². The minimum absolute atomic E-state index is 0.0334. The molecule has 0 bridgehead atoms. The molecule has 0 fully saturated rings. The van der Waals surface area contributed by atoms with Crippen molar-refractivity contribution in [2.24, 2.45) is 0 Å². The number of esters is 1. The van der Waals surface area contributed by atoms with Crippen LogP contribution in [-0.2, 0) is 4.74 Å². The van der Waals surface area contributed by atoms with Gasteiger partial charge in [-0.25, -0.2) is 14.3 Å². The molecule has 1 aromatic carbocycles. The van der Waals surface area contributed by atoms with Gasteiger partial charge in [-0.15, -0.1) is 5.10 Å². The Morgan fingerprint density at radius 1 is 1.21 bits per heavy atom. The van der Waals surface area contributed by atoms with Crippen LogP contribution in [0.25, 0.3) is 5.78 Å². The molecule has 3 rings (SSSR count). The van der Waals surface area contributed by atoms with Crippen molar-refractivity contribution in [3.8, 4) is 5.75 Å². The molecule has 2 heterocycles. The number of para-hydroxylation sites is 1. The van der Waals surface area contributed by atoms with E-state index in [-0.39, 0.29) is 19.0 Å². The molecule has 0 radical (unpaired) electrons. The van der Waals surface area contributed by atoms with Gasteiger partial charge in [-0.1, -0.05) is 23.7 Å². The predicted molar refractivity (Wildman–Crippen MR) is 87.5 cm³/mol. The Hall–Kier alpha value is -2.67. The Balaban J connectivity index is 1.59. The number of halogens is 1. The topological polar surface area (TPSA) is 78.6 Å². The third kappa shape index (κ3) is 3.46. The van der Waals surface area contributed by atoms with Crippen LogP contribution in [0.4, 0.5) is 0 Å². The van der Waals surface area contributed by atoms with Gasteiger partial charge in [0.1, 0.15) is 19.0 Å². The number of aryl methyl sites for hydroxylation is 2. The number of carbonyl (C=O) groups is 1. The van der Waals surface area contributed by atoms with Crippen LogP contribution >= 0.6 is 11.6 Å². The number of aromatic nitrogens is 4. The van der Waals surface area contributed by atoms with E-state index in [1.54, 1.807) is 12.1 Å². The Kier molecular flexibility index (Phi) is 4.61. The van der Waals surface area contributed by atoms with Crippen molar-refractivity contribution in [1.29, 1.82) is 0 Å². The second kappa shape index (κ2) is 6.84. The van der Waals surface area contributed by atoms with Crippen molar-refractivity contribution < 1.29 is 14.3 Å². The van der Waals surface area contributed by atoms with Gasteiger partial charge in [-0.05, 0) is 32.0 Å². The van der Waals surface area contributed by atoms with Gasteiger partial charge in [0.15, 0.2) is 0 Å². The van der Waals surface area contributed by atoms with Crippen molar-refractivity contribution in [3.63, 3.8) is 0 Å². The van der Waals surface area contributed by atoms with Gasteiger partial charge >= 0.3 is 5.97 Å². The van der Waals surface area contributed by atoms with Gasteiger partial charge in [-0.3, -0.25) is 0 Å². The monoisotopic (exact) mass is 346 g/mol. The molecule has 8 heteroatoms. The maximum Gasteiger partial charge on any atom is 0.378 e. The van der Waals surface area contributed by atoms with Gasteiger partial charge in [0, 0.05) is 11.4 Å². The summed E-state index contributed by atoms with van der Waals surface area (Å²) in [5.74, 6) is 0.248. The number of hydrogen-bond donors (Lipinski definition) is 0. The van der Waals surface area contributed by atoms with Crippen molar-refractivity contribution in [2.45, 2.75) is 13.8 Å². The molecule has 0 saturated heterocycles. The van der Waals surface area contributed by atoms with Crippen LogP contribution in [-0.4, -0.2) is 38.8 Å². The summed E-state index contributed by atoms with van der Waals surface area (Å²) < 4.78 is 12.1. The highest BCUT2D eigenvalue weighted by molar-refractivity contribution is 6.32. The van der Waals surface area contributed by atoms with Crippen LogP contribution in [0, 0.1) is 13.8 Å². The standard InChI is InChI=1S/C16H15ClN4O3/c1-10-9-11(2)21-16(18-10)19-14(20-21)15(22)24-8-7-23-13-6-4-3-5-12(13)17/h3-6,9H,7-8H2,1-2H3. The lowest BCUT2D eigenvalue weighted by Gasteiger charge is -2.07. The normalized spacial score (nSPS) is 10.8. The summed E-state index contributed by atoms with van der Waals surface area (Å²) in [5, 5.41) is 4.61. The van der Waals surface area contributed by atoms with Gasteiger partial charge in [0.2, 0.25) is 0 Å². The molecule has 7 nitrogen and oxygen atoms in total. The van der Waals surface area contributed by atoms with Crippen molar-refractivity contribution in [2.75, 3.05) is 13.2 Å². The lowest BCUT2D eigenvalue weighted by Crippen LogP contribution is -2.13. The molecule has 0 aliphatic rings. The largest absolute Gasteiger partial charge is 0.488 e. The first kappa shape index (κ1) is 16.2. The minimum Gasteiger partial charge on any atom is -0.488 e. The fourth-order valence-corrected chi connectivity index (χ4v) is 2.36. The van der Waals surface area contributed by atoms with Crippen LogP contribution in [0.3, 0.4) is 0 Å². The zero-order valence-electron chi connectivity index (χ0n) is 13.2. The quantitative estimate of drug-likeness (QED) is 0.522. The number of fused-ring (bicyclic) bond motifs is 1. The molecule has 0 unspecified atom stereocenters. The second-order valence-corrected chi connectivity index (χ2v) is 5.51. The average molecular weight is 347 g/mol. The SMILES string of the molecule is Cc1cc(C)n2nc(C(=O)OCCOc3ccccc3Cl)nc2n1. The van der Waals surface area contributed by atoms with Gasteiger partial charge in [0.25, 0.3) is 11.6 Å². The summed E-state index contributed by atoms with van der Waals surface area (Å²) in [6.07, 6.45) is 0. The smallest absolute Gasteiger partial charge is 0.378 e. The van der Waals surface area contributed by atoms with Gasteiger partial charge in [-0.2, -0.15) is 4.98 Å².